The molecule has 0 unspecified atom stereocenters. The third-order valence-corrected chi connectivity index (χ3v) is 4.20. The third kappa shape index (κ3) is 2.68. The molecule has 3 rings (SSSR count). The number of hydrogen-bond acceptors (Lipinski definition) is 5. The van der Waals surface area contributed by atoms with E-state index in [1.165, 1.54) is 17.4 Å². The Morgan fingerprint density at radius 1 is 1.29 bits per heavy atom. The molecule has 2 aromatic carbocycles. The van der Waals surface area contributed by atoms with Gasteiger partial charge in [0.15, 0.2) is 0 Å². The van der Waals surface area contributed by atoms with Crippen LogP contribution in [0, 0.1) is 10.1 Å². The fraction of sp³-hybridized carbons (Fsp3) is 0.0714. The van der Waals surface area contributed by atoms with E-state index in [2.05, 4.69) is 10.3 Å². The maximum absolute atomic E-state index is 11.0. The van der Waals surface area contributed by atoms with Crippen molar-refractivity contribution in [1.82, 2.24) is 4.98 Å². The minimum Gasteiger partial charge on any atom is -0.378 e. The average molecular weight is 320 g/mol. The highest BCUT2D eigenvalue weighted by Crippen LogP contribution is 2.33. The number of nitrogens with zero attached hydrogens (tertiary/aromatic N) is 2. The maximum atomic E-state index is 11.0. The van der Waals surface area contributed by atoms with Crippen molar-refractivity contribution < 1.29 is 4.92 Å². The molecule has 5 nitrogen and oxygen atoms in total. The van der Waals surface area contributed by atoms with Crippen molar-refractivity contribution in [2.45, 2.75) is 6.54 Å². The quantitative estimate of drug-likeness (QED) is 0.569. The Labute approximate surface area is 129 Å². The number of rotatable bonds is 4. The zero-order valence-corrected chi connectivity index (χ0v) is 12.3. The van der Waals surface area contributed by atoms with Crippen LogP contribution in [-0.2, 0) is 6.54 Å². The van der Waals surface area contributed by atoms with Gasteiger partial charge in [-0.1, -0.05) is 29.8 Å². The van der Waals surface area contributed by atoms with E-state index < -0.39 is 0 Å². The van der Waals surface area contributed by atoms with Crippen molar-refractivity contribution in [1.29, 1.82) is 0 Å². The molecule has 0 spiro atoms. The largest absolute Gasteiger partial charge is 0.378 e. The number of fused-ring (bicyclic) bond motifs is 1. The number of benzene rings is 2. The topological polar surface area (TPSA) is 68.1 Å². The summed E-state index contributed by atoms with van der Waals surface area (Å²) < 4.78 is 1.02. The van der Waals surface area contributed by atoms with E-state index in [0.29, 0.717) is 22.8 Å². The second-order valence-corrected chi connectivity index (χ2v) is 5.65. The lowest BCUT2D eigenvalue weighted by molar-refractivity contribution is -0.385. The van der Waals surface area contributed by atoms with E-state index in [9.17, 15) is 10.1 Å². The van der Waals surface area contributed by atoms with Crippen LogP contribution >= 0.6 is 22.9 Å². The van der Waals surface area contributed by atoms with Crippen LogP contribution in [0.15, 0.2) is 41.9 Å². The molecule has 0 aliphatic rings. The number of anilines is 1. The molecule has 0 atom stereocenters. The van der Waals surface area contributed by atoms with Crippen molar-refractivity contribution in [2.75, 3.05) is 5.32 Å². The normalized spacial score (nSPS) is 10.7. The van der Waals surface area contributed by atoms with Crippen LogP contribution in [-0.4, -0.2) is 9.91 Å². The summed E-state index contributed by atoms with van der Waals surface area (Å²) in [5.74, 6) is 0. The molecule has 1 N–H and O–H groups in total. The van der Waals surface area contributed by atoms with Gasteiger partial charge in [-0.3, -0.25) is 10.1 Å². The molecular formula is C14H10ClN3O2S. The Hall–Kier alpha value is -2.18. The number of halogens is 1. The van der Waals surface area contributed by atoms with E-state index in [4.69, 9.17) is 11.6 Å². The summed E-state index contributed by atoms with van der Waals surface area (Å²) in [5.41, 5.74) is 3.92. The Bertz CT molecular complexity index is 819. The zero-order chi connectivity index (χ0) is 14.8. The minimum absolute atomic E-state index is 0.0894. The molecule has 21 heavy (non-hydrogen) atoms. The molecule has 0 saturated heterocycles. The predicted molar refractivity (Wildman–Crippen MR) is 85.1 cm³/mol. The number of nitro groups is 1. The lowest BCUT2D eigenvalue weighted by Crippen LogP contribution is -2.03. The number of hydrogen-bond donors (Lipinski definition) is 1. The lowest BCUT2D eigenvalue weighted by atomic mass is 10.1. The van der Waals surface area contributed by atoms with Gasteiger partial charge in [0.25, 0.3) is 5.69 Å². The van der Waals surface area contributed by atoms with E-state index in [0.717, 1.165) is 10.2 Å². The molecule has 0 radical (unpaired) electrons. The molecule has 1 heterocycles. The molecule has 7 heteroatoms. The molecular weight excluding hydrogens is 310 g/mol. The molecule has 0 bridgehead atoms. The van der Waals surface area contributed by atoms with Crippen LogP contribution in [0.2, 0.25) is 5.02 Å². The molecule has 0 amide bonds. The number of nitro benzene ring substituents is 1. The SMILES string of the molecule is O=[N+]([O-])c1ccccc1CNc1c(Cl)ccc2scnc12. The standard InChI is InChI=1S/C14H10ClN3O2S/c15-10-5-6-12-14(17-8-21-12)13(10)16-7-9-3-1-2-4-11(9)18(19)20/h1-6,8,16H,7H2. The van der Waals surface area contributed by atoms with Gasteiger partial charge in [-0.05, 0) is 12.1 Å². The smallest absolute Gasteiger partial charge is 0.274 e. The summed E-state index contributed by atoms with van der Waals surface area (Å²) in [6.45, 7) is 0.313. The molecule has 0 saturated carbocycles. The monoisotopic (exact) mass is 319 g/mol. The molecule has 0 aliphatic carbocycles. The molecule has 3 aromatic rings. The Morgan fingerprint density at radius 2 is 2.10 bits per heavy atom. The highest BCUT2D eigenvalue weighted by Gasteiger charge is 2.14. The lowest BCUT2D eigenvalue weighted by Gasteiger charge is -2.09. The van der Waals surface area contributed by atoms with Crippen molar-refractivity contribution in [3.8, 4) is 0 Å². The van der Waals surface area contributed by atoms with Crippen LogP contribution < -0.4 is 5.32 Å². The predicted octanol–water partition coefficient (Wildman–Crippen LogP) is 4.47. The van der Waals surface area contributed by atoms with Gasteiger partial charge in [-0.25, -0.2) is 4.98 Å². The van der Waals surface area contributed by atoms with Crippen LogP contribution in [0.3, 0.4) is 0 Å². The first kappa shape index (κ1) is 13.8. The summed E-state index contributed by atoms with van der Waals surface area (Å²) in [4.78, 5) is 14.9. The number of aromatic nitrogens is 1. The van der Waals surface area contributed by atoms with Gasteiger partial charge in [-0.2, -0.15) is 0 Å². The summed E-state index contributed by atoms with van der Waals surface area (Å²) in [6, 6.07) is 10.3. The van der Waals surface area contributed by atoms with Crippen molar-refractivity contribution in [3.63, 3.8) is 0 Å². The van der Waals surface area contributed by atoms with Crippen LogP contribution in [0.25, 0.3) is 10.2 Å². The van der Waals surface area contributed by atoms with Gasteiger partial charge in [0.1, 0.15) is 5.52 Å². The highest BCUT2D eigenvalue weighted by atomic mass is 35.5. The van der Waals surface area contributed by atoms with E-state index in [1.807, 2.05) is 6.07 Å². The summed E-state index contributed by atoms with van der Waals surface area (Å²) in [6.07, 6.45) is 0. The summed E-state index contributed by atoms with van der Waals surface area (Å²) in [5, 5.41) is 14.7. The average Bonchev–Trinajstić information content (AvgIpc) is 2.95. The third-order valence-electron chi connectivity index (χ3n) is 3.10. The first-order valence-corrected chi connectivity index (χ1v) is 7.40. The summed E-state index contributed by atoms with van der Waals surface area (Å²) in [7, 11) is 0. The number of para-hydroxylation sites is 1. The van der Waals surface area contributed by atoms with Crippen molar-refractivity contribution in [2.24, 2.45) is 0 Å². The van der Waals surface area contributed by atoms with E-state index in [-0.39, 0.29) is 10.6 Å². The number of nitrogens with one attached hydrogen (secondary N) is 1. The molecule has 106 valence electrons. The van der Waals surface area contributed by atoms with Crippen molar-refractivity contribution >= 4 is 44.5 Å². The van der Waals surface area contributed by atoms with Gasteiger partial charge >= 0.3 is 0 Å². The maximum Gasteiger partial charge on any atom is 0.274 e. The van der Waals surface area contributed by atoms with Crippen LogP contribution in [0.1, 0.15) is 5.56 Å². The van der Waals surface area contributed by atoms with Gasteiger partial charge in [0, 0.05) is 18.2 Å². The first-order valence-electron chi connectivity index (χ1n) is 6.14. The summed E-state index contributed by atoms with van der Waals surface area (Å²) >= 11 is 7.72. The molecule has 1 aromatic heterocycles. The van der Waals surface area contributed by atoms with Gasteiger partial charge < -0.3 is 5.32 Å². The Kier molecular flexibility index (Phi) is 3.72. The fourth-order valence-corrected chi connectivity index (χ4v) is 3.00. The number of thiazole rings is 1. The fourth-order valence-electron chi connectivity index (χ4n) is 2.10. The first-order chi connectivity index (χ1) is 10.2. The molecule has 0 aliphatic heterocycles. The van der Waals surface area contributed by atoms with Crippen LogP contribution in [0.4, 0.5) is 11.4 Å². The Morgan fingerprint density at radius 3 is 2.90 bits per heavy atom. The minimum atomic E-state index is -0.387. The van der Waals surface area contributed by atoms with Gasteiger partial charge in [-0.15, -0.1) is 11.3 Å². The second-order valence-electron chi connectivity index (χ2n) is 4.36. The van der Waals surface area contributed by atoms with Crippen LogP contribution in [0.5, 0.6) is 0 Å². The van der Waals surface area contributed by atoms with E-state index in [1.54, 1.807) is 29.8 Å². The van der Waals surface area contributed by atoms with E-state index >= 15 is 0 Å². The van der Waals surface area contributed by atoms with Gasteiger partial charge in [0.2, 0.25) is 0 Å². The Balaban J connectivity index is 1.92. The highest BCUT2D eigenvalue weighted by molar-refractivity contribution is 7.16. The second kappa shape index (κ2) is 5.67. The van der Waals surface area contributed by atoms with Crippen molar-refractivity contribution in [3.05, 3.63) is 62.6 Å². The molecule has 0 fully saturated rings. The van der Waals surface area contributed by atoms with Gasteiger partial charge in [0.05, 0.1) is 25.8 Å². The zero-order valence-electron chi connectivity index (χ0n) is 10.7.